The van der Waals surface area contributed by atoms with Gasteiger partial charge in [-0.05, 0) is 49.7 Å². The molecule has 5 heteroatoms. The van der Waals surface area contributed by atoms with E-state index in [4.69, 9.17) is 5.26 Å². The van der Waals surface area contributed by atoms with E-state index in [1.807, 2.05) is 62.4 Å². The van der Waals surface area contributed by atoms with Gasteiger partial charge in [-0.1, -0.05) is 36.4 Å². The molecule has 0 aliphatic rings. The average molecular weight is 370 g/mol. The molecule has 140 valence electrons. The van der Waals surface area contributed by atoms with Crippen molar-refractivity contribution in [1.29, 1.82) is 5.26 Å². The fraction of sp³-hybridized carbons (Fsp3) is 0.174. The van der Waals surface area contributed by atoms with Gasteiger partial charge < -0.3 is 10.2 Å². The Hall–Kier alpha value is -3.65. The highest BCUT2D eigenvalue weighted by molar-refractivity contribution is 5.92. The van der Waals surface area contributed by atoms with E-state index in [9.17, 15) is 4.79 Å². The molecule has 0 saturated heterocycles. The van der Waals surface area contributed by atoms with Crippen LogP contribution in [0.4, 0.5) is 11.4 Å². The van der Waals surface area contributed by atoms with Crippen molar-refractivity contribution in [3.8, 4) is 6.07 Å². The Morgan fingerprint density at radius 2 is 1.86 bits per heavy atom. The van der Waals surface area contributed by atoms with Crippen LogP contribution < -0.4 is 5.32 Å². The molecule has 1 N–H and O–H groups in total. The molecule has 0 aliphatic heterocycles. The van der Waals surface area contributed by atoms with E-state index in [1.54, 1.807) is 29.3 Å². The Morgan fingerprint density at radius 1 is 1.07 bits per heavy atom. The minimum Gasteiger partial charge on any atom is -0.354 e. The molecule has 0 spiro atoms. The first-order chi connectivity index (χ1) is 13.6. The number of rotatable bonds is 6. The van der Waals surface area contributed by atoms with Gasteiger partial charge in [-0.3, -0.25) is 4.79 Å². The first-order valence-electron chi connectivity index (χ1n) is 9.15. The summed E-state index contributed by atoms with van der Waals surface area (Å²) >= 11 is 0. The number of nitrogens with one attached hydrogen (secondary N) is 1. The fourth-order valence-electron chi connectivity index (χ4n) is 2.84. The third kappa shape index (κ3) is 4.74. The topological polar surface area (TPSA) is 69.0 Å². The van der Waals surface area contributed by atoms with E-state index >= 15 is 0 Å². The SMILES string of the molecule is CC(C)N(Cc1ccccc1)C(=O)c1ccc(Nc2cccc(C#N)c2)cn1. The van der Waals surface area contributed by atoms with Crippen molar-refractivity contribution in [1.82, 2.24) is 9.88 Å². The molecule has 3 rings (SSSR count). The van der Waals surface area contributed by atoms with Gasteiger partial charge in [-0.2, -0.15) is 5.26 Å². The van der Waals surface area contributed by atoms with E-state index in [-0.39, 0.29) is 11.9 Å². The Kier molecular flexibility index (Phi) is 6.03. The van der Waals surface area contributed by atoms with Gasteiger partial charge in [0.25, 0.3) is 5.91 Å². The van der Waals surface area contributed by atoms with Crippen LogP contribution in [0.5, 0.6) is 0 Å². The highest BCUT2D eigenvalue weighted by Crippen LogP contribution is 2.18. The van der Waals surface area contributed by atoms with Crippen LogP contribution in [0, 0.1) is 11.3 Å². The van der Waals surface area contributed by atoms with Gasteiger partial charge >= 0.3 is 0 Å². The van der Waals surface area contributed by atoms with Crippen molar-refractivity contribution in [2.24, 2.45) is 0 Å². The van der Waals surface area contributed by atoms with Gasteiger partial charge in [0.1, 0.15) is 5.69 Å². The first-order valence-corrected chi connectivity index (χ1v) is 9.15. The largest absolute Gasteiger partial charge is 0.354 e. The van der Waals surface area contributed by atoms with Crippen molar-refractivity contribution in [3.05, 3.63) is 89.7 Å². The second-order valence-corrected chi connectivity index (χ2v) is 6.76. The molecule has 0 aliphatic carbocycles. The molecular formula is C23H22N4O. The quantitative estimate of drug-likeness (QED) is 0.680. The lowest BCUT2D eigenvalue weighted by molar-refractivity contribution is 0.0684. The number of carbonyl (C=O) groups is 1. The first kappa shape index (κ1) is 19.1. The molecular weight excluding hydrogens is 348 g/mol. The van der Waals surface area contributed by atoms with Gasteiger partial charge in [0, 0.05) is 18.3 Å². The predicted octanol–water partition coefficient (Wildman–Crippen LogP) is 4.75. The summed E-state index contributed by atoms with van der Waals surface area (Å²) in [5, 5.41) is 12.2. The van der Waals surface area contributed by atoms with Crippen molar-refractivity contribution >= 4 is 17.3 Å². The highest BCUT2D eigenvalue weighted by atomic mass is 16.2. The summed E-state index contributed by atoms with van der Waals surface area (Å²) in [4.78, 5) is 19.1. The second kappa shape index (κ2) is 8.83. The number of nitrogens with zero attached hydrogens (tertiary/aromatic N) is 3. The number of hydrogen-bond donors (Lipinski definition) is 1. The van der Waals surface area contributed by atoms with Crippen LogP contribution in [0.15, 0.2) is 72.9 Å². The lowest BCUT2D eigenvalue weighted by Gasteiger charge is -2.26. The molecule has 3 aromatic rings. The van der Waals surface area contributed by atoms with Gasteiger partial charge in [0.05, 0.1) is 23.5 Å². The average Bonchev–Trinajstić information content (AvgIpc) is 2.73. The van der Waals surface area contributed by atoms with E-state index in [1.165, 1.54) is 0 Å². The van der Waals surface area contributed by atoms with Crippen LogP contribution in [0.3, 0.4) is 0 Å². The van der Waals surface area contributed by atoms with Crippen LogP contribution in [0.2, 0.25) is 0 Å². The monoisotopic (exact) mass is 370 g/mol. The highest BCUT2D eigenvalue weighted by Gasteiger charge is 2.20. The number of aromatic nitrogens is 1. The van der Waals surface area contributed by atoms with Crippen LogP contribution in [0.25, 0.3) is 0 Å². The standard InChI is InChI=1S/C23H22N4O/c1-17(2)27(16-18-7-4-3-5-8-18)23(28)22-12-11-21(15-25-22)26-20-10-6-9-19(13-20)14-24/h3-13,15,17,26H,16H2,1-2H3. The zero-order valence-electron chi connectivity index (χ0n) is 16.0. The molecule has 1 heterocycles. The van der Waals surface area contributed by atoms with E-state index < -0.39 is 0 Å². The van der Waals surface area contributed by atoms with Crippen molar-refractivity contribution in [2.75, 3.05) is 5.32 Å². The normalized spacial score (nSPS) is 10.4. The van der Waals surface area contributed by atoms with Crippen molar-refractivity contribution in [2.45, 2.75) is 26.4 Å². The van der Waals surface area contributed by atoms with Crippen molar-refractivity contribution < 1.29 is 4.79 Å². The maximum Gasteiger partial charge on any atom is 0.272 e. The molecule has 28 heavy (non-hydrogen) atoms. The summed E-state index contributed by atoms with van der Waals surface area (Å²) in [5.74, 6) is -0.100. The molecule has 5 nitrogen and oxygen atoms in total. The number of nitriles is 1. The summed E-state index contributed by atoms with van der Waals surface area (Å²) in [6, 6.07) is 22.8. The van der Waals surface area contributed by atoms with Gasteiger partial charge in [-0.15, -0.1) is 0 Å². The summed E-state index contributed by atoms with van der Waals surface area (Å²) in [7, 11) is 0. The summed E-state index contributed by atoms with van der Waals surface area (Å²) in [6.07, 6.45) is 1.63. The summed E-state index contributed by atoms with van der Waals surface area (Å²) in [6.45, 7) is 4.54. The Morgan fingerprint density at radius 3 is 2.50 bits per heavy atom. The molecule has 0 radical (unpaired) electrons. The van der Waals surface area contributed by atoms with E-state index in [0.717, 1.165) is 16.9 Å². The van der Waals surface area contributed by atoms with Crippen LogP contribution in [-0.2, 0) is 6.54 Å². The Labute approximate surface area is 165 Å². The number of amides is 1. The molecule has 0 bridgehead atoms. The minimum atomic E-state index is -0.100. The molecule has 0 unspecified atom stereocenters. The lowest BCUT2D eigenvalue weighted by Crippen LogP contribution is -2.36. The molecule has 0 fully saturated rings. The number of carbonyl (C=O) groups excluding carboxylic acids is 1. The summed E-state index contributed by atoms with van der Waals surface area (Å²) in [5.41, 5.74) is 3.62. The molecule has 1 aromatic heterocycles. The smallest absolute Gasteiger partial charge is 0.272 e. The molecule has 1 amide bonds. The fourth-order valence-corrected chi connectivity index (χ4v) is 2.84. The maximum atomic E-state index is 13.0. The molecule has 2 aromatic carbocycles. The number of benzene rings is 2. The van der Waals surface area contributed by atoms with Gasteiger partial charge in [0.2, 0.25) is 0 Å². The number of anilines is 2. The van der Waals surface area contributed by atoms with E-state index in [0.29, 0.717) is 17.8 Å². The lowest BCUT2D eigenvalue weighted by atomic mass is 10.1. The van der Waals surface area contributed by atoms with Crippen LogP contribution in [0.1, 0.15) is 35.5 Å². The third-order valence-corrected chi connectivity index (χ3v) is 4.34. The predicted molar refractivity (Wildman–Crippen MR) is 110 cm³/mol. The van der Waals surface area contributed by atoms with Gasteiger partial charge in [0.15, 0.2) is 0 Å². The Bertz CT molecular complexity index is 975. The van der Waals surface area contributed by atoms with Crippen molar-refractivity contribution in [3.63, 3.8) is 0 Å². The summed E-state index contributed by atoms with van der Waals surface area (Å²) < 4.78 is 0. The maximum absolute atomic E-state index is 13.0. The second-order valence-electron chi connectivity index (χ2n) is 6.76. The van der Waals surface area contributed by atoms with Gasteiger partial charge in [-0.25, -0.2) is 4.98 Å². The molecule has 0 atom stereocenters. The van der Waals surface area contributed by atoms with Crippen LogP contribution >= 0.6 is 0 Å². The minimum absolute atomic E-state index is 0.0565. The number of pyridine rings is 1. The van der Waals surface area contributed by atoms with Crippen LogP contribution in [-0.4, -0.2) is 21.8 Å². The Balaban J connectivity index is 1.73. The zero-order chi connectivity index (χ0) is 19.9. The number of hydrogen-bond acceptors (Lipinski definition) is 4. The zero-order valence-corrected chi connectivity index (χ0v) is 16.0. The third-order valence-electron chi connectivity index (χ3n) is 4.34. The molecule has 0 saturated carbocycles. The van der Waals surface area contributed by atoms with E-state index in [2.05, 4.69) is 16.4 Å².